The number of hydrogen-bond donors (Lipinski definition) is 2. The largest absolute Gasteiger partial charge is 0.460 e. The molecule has 0 spiro atoms. The lowest BCUT2D eigenvalue weighted by Crippen LogP contribution is -2.30. The van der Waals surface area contributed by atoms with Crippen molar-refractivity contribution in [2.24, 2.45) is 0 Å². The number of para-hydroxylation sites is 1. The van der Waals surface area contributed by atoms with E-state index in [1.54, 1.807) is 0 Å². The number of amides is 2. The van der Waals surface area contributed by atoms with E-state index in [0.29, 0.717) is 13.0 Å². The van der Waals surface area contributed by atoms with Gasteiger partial charge >= 0.3 is 12.0 Å². The fourth-order valence-electron chi connectivity index (χ4n) is 2.46. The van der Waals surface area contributed by atoms with Crippen LogP contribution in [-0.2, 0) is 9.53 Å². The van der Waals surface area contributed by atoms with E-state index in [4.69, 9.17) is 4.74 Å². The second kappa shape index (κ2) is 9.04. The molecule has 2 amide bonds. The highest BCUT2D eigenvalue weighted by atomic mass is 16.6. The minimum absolute atomic E-state index is 0.255. The van der Waals surface area contributed by atoms with Gasteiger partial charge in [0, 0.05) is 18.5 Å². The molecule has 0 saturated carbocycles. The first kappa shape index (κ1) is 19.5. The molecule has 0 atom stereocenters. The summed E-state index contributed by atoms with van der Waals surface area (Å²) in [7, 11) is 0. The molecule has 2 rings (SSSR count). The van der Waals surface area contributed by atoms with Gasteiger partial charge < -0.3 is 15.4 Å². The van der Waals surface area contributed by atoms with Gasteiger partial charge in [0.2, 0.25) is 0 Å². The third-order valence-electron chi connectivity index (χ3n) is 3.52. The Kier molecular flexibility index (Phi) is 6.78. The van der Waals surface area contributed by atoms with Crippen LogP contribution in [0.3, 0.4) is 0 Å². The predicted molar refractivity (Wildman–Crippen MR) is 104 cm³/mol. The van der Waals surface area contributed by atoms with Crippen LogP contribution in [0.4, 0.5) is 10.5 Å². The summed E-state index contributed by atoms with van der Waals surface area (Å²) in [4.78, 5) is 23.8. The summed E-state index contributed by atoms with van der Waals surface area (Å²) in [5, 5.41) is 5.64. The van der Waals surface area contributed by atoms with Gasteiger partial charge in [-0.1, -0.05) is 48.5 Å². The number of esters is 1. The van der Waals surface area contributed by atoms with E-state index < -0.39 is 5.60 Å². The molecule has 0 aromatic heterocycles. The first-order chi connectivity index (χ1) is 12.3. The number of ether oxygens (including phenoxy) is 1. The number of nitrogens with one attached hydrogen (secondary N) is 2. The molecule has 0 aliphatic rings. The number of carbonyl (C=O) groups is 2. The molecule has 2 N–H and O–H groups in total. The van der Waals surface area contributed by atoms with Crippen molar-refractivity contribution in [1.82, 2.24) is 5.32 Å². The quantitative estimate of drug-likeness (QED) is 0.588. The molecule has 2 aromatic carbocycles. The van der Waals surface area contributed by atoms with Gasteiger partial charge in [-0.3, -0.25) is 4.79 Å². The van der Waals surface area contributed by atoms with E-state index in [1.807, 2.05) is 75.4 Å². The first-order valence-electron chi connectivity index (χ1n) is 8.76. The van der Waals surface area contributed by atoms with Crippen LogP contribution in [0, 0.1) is 0 Å². The molecule has 0 aliphatic heterocycles. The Balaban J connectivity index is 1.83. The van der Waals surface area contributed by atoms with Gasteiger partial charge in [0.05, 0.1) is 5.69 Å². The molecule has 0 radical (unpaired) electrons. The summed E-state index contributed by atoms with van der Waals surface area (Å²) in [5.41, 5.74) is 2.25. The molecule has 0 heterocycles. The number of hydrogen-bond acceptors (Lipinski definition) is 3. The smallest absolute Gasteiger partial charge is 0.319 e. The minimum Gasteiger partial charge on any atom is -0.460 e. The van der Waals surface area contributed by atoms with Crippen molar-refractivity contribution in [3.63, 3.8) is 0 Å². The summed E-state index contributed by atoms with van der Waals surface area (Å²) >= 11 is 0. The number of urea groups is 1. The average Bonchev–Trinajstić information content (AvgIpc) is 2.58. The van der Waals surface area contributed by atoms with Crippen molar-refractivity contribution in [2.45, 2.75) is 39.2 Å². The number of anilines is 1. The Bertz CT molecular complexity index is 736. The lowest BCUT2D eigenvalue weighted by Gasteiger charge is -2.19. The Morgan fingerprint density at radius 3 is 2.31 bits per heavy atom. The van der Waals surface area contributed by atoms with Crippen molar-refractivity contribution < 1.29 is 14.3 Å². The zero-order valence-corrected chi connectivity index (χ0v) is 15.5. The third kappa shape index (κ3) is 6.59. The zero-order valence-electron chi connectivity index (χ0n) is 15.5. The van der Waals surface area contributed by atoms with Crippen LogP contribution in [0.1, 0.15) is 33.6 Å². The van der Waals surface area contributed by atoms with E-state index in [1.165, 1.54) is 0 Å². The number of rotatable bonds is 6. The molecule has 0 saturated heterocycles. The summed E-state index contributed by atoms with van der Waals surface area (Å²) in [6.07, 6.45) is 0.806. The highest BCUT2D eigenvalue weighted by molar-refractivity contribution is 5.94. The minimum atomic E-state index is -0.483. The topological polar surface area (TPSA) is 67.4 Å². The van der Waals surface area contributed by atoms with Gasteiger partial charge in [0.15, 0.2) is 0 Å². The van der Waals surface area contributed by atoms with E-state index >= 15 is 0 Å². The highest BCUT2D eigenvalue weighted by Gasteiger charge is 2.15. The molecule has 138 valence electrons. The van der Waals surface area contributed by atoms with E-state index in [-0.39, 0.29) is 18.4 Å². The number of carbonyl (C=O) groups excluding carboxylic acids is 2. The predicted octanol–water partition coefficient (Wildman–Crippen LogP) is 4.60. The standard InChI is InChI=1S/C21H26N2O3/c1-21(2,3)26-19(24)14-9-15-22-20(25)23-18-13-8-7-12-17(18)16-10-5-4-6-11-16/h4-8,10-13H,9,14-15H2,1-3H3,(H2,22,23,25). The zero-order chi connectivity index (χ0) is 19.0. The van der Waals surface area contributed by atoms with Gasteiger partial charge in [-0.05, 0) is 38.8 Å². The van der Waals surface area contributed by atoms with Crippen LogP contribution >= 0.6 is 0 Å². The van der Waals surface area contributed by atoms with Gasteiger partial charge in [0.25, 0.3) is 0 Å². The Hall–Kier alpha value is -2.82. The second-order valence-electron chi connectivity index (χ2n) is 6.98. The normalized spacial score (nSPS) is 10.9. The van der Waals surface area contributed by atoms with E-state index in [0.717, 1.165) is 16.8 Å². The van der Waals surface area contributed by atoms with Crippen LogP contribution in [0.15, 0.2) is 54.6 Å². The molecule has 0 unspecified atom stereocenters. The summed E-state index contributed by atoms with van der Waals surface area (Å²) < 4.78 is 5.24. The van der Waals surface area contributed by atoms with E-state index in [2.05, 4.69) is 10.6 Å². The van der Waals surface area contributed by atoms with Gasteiger partial charge in [-0.15, -0.1) is 0 Å². The van der Waals surface area contributed by atoms with Crippen LogP contribution in [-0.4, -0.2) is 24.1 Å². The fourth-order valence-corrected chi connectivity index (χ4v) is 2.46. The Morgan fingerprint density at radius 1 is 0.962 bits per heavy atom. The molecular formula is C21H26N2O3. The second-order valence-corrected chi connectivity index (χ2v) is 6.98. The van der Waals surface area contributed by atoms with Crippen molar-refractivity contribution in [3.05, 3.63) is 54.6 Å². The highest BCUT2D eigenvalue weighted by Crippen LogP contribution is 2.27. The van der Waals surface area contributed by atoms with Gasteiger partial charge in [-0.2, -0.15) is 0 Å². The summed E-state index contributed by atoms with van der Waals surface area (Å²) in [6.45, 7) is 5.90. The summed E-state index contributed by atoms with van der Waals surface area (Å²) in [5.74, 6) is -0.255. The average molecular weight is 354 g/mol. The van der Waals surface area contributed by atoms with Gasteiger partial charge in [0.1, 0.15) is 5.60 Å². The maximum atomic E-state index is 12.1. The lowest BCUT2D eigenvalue weighted by atomic mass is 10.0. The molecular weight excluding hydrogens is 328 g/mol. The molecule has 2 aromatic rings. The maximum Gasteiger partial charge on any atom is 0.319 e. The number of benzene rings is 2. The maximum absolute atomic E-state index is 12.1. The van der Waals surface area contributed by atoms with Crippen LogP contribution in [0.25, 0.3) is 11.1 Å². The molecule has 26 heavy (non-hydrogen) atoms. The molecule has 0 aliphatic carbocycles. The van der Waals surface area contributed by atoms with Crippen molar-refractivity contribution in [3.8, 4) is 11.1 Å². The Morgan fingerprint density at radius 2 is 1.62 bits per heavy atom. The lowest BCUT2D eigenvalue weighted by molar-refractivity contribution is -0.154. The fraction of sp³-hybridized carbons (Fsp3) is 0.333. The molecule has 0 fully saturated rings. The van der Waals surface area contributed by atoms with Crippen LogP contribution < -0.4 is 10.6 Å². The molecule has 5 nitrogen and oxygen atoms in total. The SMILES string of the molecule is CC(C)(C)OC(=O)CCCNC(=O)Nc1ccccc1-c1ccccc1. The monoisotopic (exact) mass is 354 g/mol. The summed E-state index contributed by atoms with van der Waals surface area (Å²) in [6, 6.07) is 17.2. The van der Waals surface area contributed by atoms with Crippen molar-refractivity contribution in [2.75, 3.05) is 11.9 Å². The Labute approximate surface area is 154 Å². The first-order valence-corrected chi connectivity index (χ1v) is 8.76. The van der Waals surface area contributed by atoms with Crippen LogP contribution in [0.2, 0.25) is 0 Å². The van der Waals surface area contributed by atoms with E-state index in [9.17, 15) is 9.59 Å². The molecule has 5 heteroatoms. The van der Waals surface area contributed by atoms with Crippen molar-refractivity contribution >= 4 is 17.7 Å². The molecule has 0 bridgehead atoms. The third-order valence-corrected chi connectivity index (χ3v) is 3.52. The van der Waals surface area contributed by atoms with Crippen molar-refractivity contribution in [1.29, 1.82) is 0 Å². The van der Waals surface area contributed by atoms with Crippen LogP contribution in [0.5, 0.6) is 0 Å². The van der Waals surface area contributed by atoms with Gasteiger partial charge in [-0.25, -0.2) is 4.79 Å².